The monoisotopic (exact) mass is 183 g/mol. The smallest absolute Gasteiger partial charge is 0.0649 e. The molecule has 1 unspecified atom stereocenters. The lowest BCUT2D eigenvalue weighted by atomic mass is 9.92. The van der Waals surface area contributed by atoms with E-state index in [1.165, 1.54) is 25.7 Å². The van der Waals surface area contributed by atoms with Crippen molar-refractivity contribution >= 4 is 0 Å². The van der Waals surface area contributed by atoms with Gasteiger partial charge in [0.15, 0.2) is 0 Å². The third-order valence-corrected chi connectivity index (χ3v) is 3.53. The maximum Gasteiger partial charge on any atom is 0.0649 e. The molecule has 2 heteroatoms. The number of hydrogen-bond donors (Lipinski definition) is 1. The summed E-state index contributed by atoms with van der Waals surface area (Å²) in [5, 5.41) is 3.80. The average Bonchev–Trinajstić information content (AvgIpc) is 2.53. The van der Waals surface area contributed by atoms with Crippen LogP contribution in [0.3, 0.4) is 0 Å². The summed E-state index contributed by atoms with van der Waals surface area (Å²) >= 11 is 0. The molecule has 76 valence electrons. The van der Waals surface area contributed by atoms with Crippen LogP contribution < -0.4 is 5.32 Å². The molecule has 13 heavy (non-hydrogen) atoms. The molecular weight excluding hydrogens is 162 g/mol. The Balaban J connectivity index is 1.98. The zero-order chi connectivity index (χ0) is 9.31. The first-order valence-corrected chi connectivity index (χ1v) is 5.57. The molecule has 0 aromatic heterocycles. The van der Waals surface area contributed by atoms with Gasteiger partial charge in [-0.05, 0) is 18.8 Å². The van der Waals surface area contributed by atoms with Gasteiger partial charge >= 0.3 is 0 Å². The molecule has 2 aliphatic rings. The van der Waals surface area contributed by atoms with E-state index < -0.39 is 0 Å². The van der Waals surface area contributed by atoms with Gasteiger partial charge < -0.3 is 10.1 Å². The Bertz CT molecular complexity index is 173. The van der Waals surface area contributed by atoms with Crippen LogP contribution in [0.25, 0.3) is 0 Å². The Morgan fingerprint density at radius 2 is 2.00 bits per heavy atom. The molecule has 1 saturated heterocycles. The highest BCUT2D eigenvalue weighted by Crippen LogP contribution is 2.33. The zero-order valence-corrected chi connectivity index (χ0v) is 8.81. The molecule has 1 atom stereocenters. The molecule has 1 N–H and O–H groups in total. The summed E-state index contributed by atoms with van der Waals surface area (Å²) in [7, 11) is 0. The highest BCUT2D eigenvalue weighted by Gasteiger charge is 2.39. The number of ether oxygens (including phenoxy) is 1. The van der Waals surface area contributed by atoms with E-state index in [4.69, 9.17) is 4.74 Å². The van der Waals surface area contributed by atoms with Crippen LogP contribution in [0.15, 0.2) is 0 Å². The van der Waals surface area contributed by atoms with Gasteiger partial charge in [0.2, 0.25) is 0 Å². The number of rotatable bonds is 1. The van der Waals surface area contributed by atoms with Crippen molar-refractivity contribution in [1.29, 1.82) is 0 Å². The fraction of sp³-hybridized carbons (Fsp3) is 1.00. The maximum atomic E-state index is 5.72. The van der Waals surface area contributed by atoms with E-state index >= 15 is 0 Å². The average molecular weight is 183 g/mol. The quantitative estimate of drug-likeness (QED) is 0.671. The molecule has 0 aromatic rings. The summed E-state index contributed by atoms with van der Waals surface area (Å²) in [5.74, 6) is 0.692. The van der Waals surface area contributed by atoms with Crippen molar-refractivity contribution < 1.29 is 4.74 Å². The largest absolute Gasteiger partial charge is 0.378 e. The van der Waals surface area contributed by atoms with Gasteiger partial charge in [0.1, 0.15) is 0 Å². The summed E-state index contributed by atoms with van der Waals surface area (Å²) in [6.45, 7) is 6.39. The first-order chi connectivity index (χ1) is 6.22. The minimum Gasteiger partial charge on any atom is -0.378 e. The van der Waals surface area contributed by atoms with Crippen molar-refractivity contribution in [3.8, 4) is 0 Å². The molecule has 0 aromatic carbocycles. The van der Waals surface area contributed by atoms with Crippen molar-refractivity contribution in [3.05, 3.63) is 0 Å². The Morgan fingerprint density at radius 3 is 2.62 bits per heavy atom. The van der Waals surface area contributed by atoms with E-state index in [9.17, 15) is 0 Å². The van der Waals surface area contributed by atoms with Gasteiger partial charge in [-0.1, -0.05) is 26.7 Å². The molecule has 1 saturated carbocycles. The SMILES string of the molecule is CC(C)C1COCC2(CCCC2)N1. The van der Waals surface area contributed by atoms with Crippen molar-refractivity contribution in [2.24, 2.45) is 5.92 Å². The number of morpholine rings is 1. The van der Waals surface area contributed by atoms with E-state index in [0.29, 0.717) is 17.5 Å². The van der Waals surface area contributed by atoms with Gasteiger partial charge in [-0.3, -0.25) is 0 Å². The van der Waals surface area contributed by atoms with E-state index in [1.807, 2.05) is 0 Å². The van der Waals surface area contributed by atoms with Crippen LogP contribution in [0.2, 0.25) is 0 Å². The third-order valence-electron chi connectivity index (χ3n) is 3.53. The Hall–Kier alpha value is -0.0800. The van der Waals surface area contributed by atoms with Crippen LogP contribution in [-0.4, -0.2) is 24.8 Å². The summed E-state index contributed by atoms with van der Waals surface area (Å²) in [5.41, 5.74) is 0.354. The first kappa shape index (κ1) is 9.47. The molecule has 1 spiro atoms. The second-order valence-electron chi connectivity index (χ2n) is 5.00. The predicted octanol–water partition coefficient (Wildman–Crippen LogP) is 1.94. The van der Waals surface area contributed by atoms with Crippen LogP contribution in [0.1, 0.15) is 39.5 Å². The third kappa shape index (κ3) is 1.89. The van der Waals surface area contributed by atoms with Crippen molar-refractivity contribution in [3.63, 3.8) is 0 Å². The Morgan fingerprint density at radius 1 is 1.31 bits per heavy atom. The Kier molecular flexibility index (Phi) is 2.61. The highest BCUT2D eigenvalue weighted by atomic mass is 16.5. The minimum absolute atomic E-state index is 0.354. The van der Waals surface area contributed by atoms with Gasteiger partial charge in [0.25, 0.3) is 0 Å². The molecule has 2 nitrogen and oxygen atoms in total. The lowest BCUT2D eigenvalue weighted by molar-refractivity contribution is -0.0106. The lowest BCUT2D eigenvalue weighted by Gasteiger charge is -2.41. The van der Waals surface area contributed by atoms with Crippen LogP contribution in [-0.2, 0) is 4.74 Å². The molecule has 1 heterocycles. The predicted molar refractivity (Wildman–Crippen MR) is 53.8 cm³/mol. The molecular formula is C11H21NO. The van der Waals surface area contributed by atoms with Gasteiger partial charge in [0, 0.05) is 11.6 Å². The molecule has 0 radical (unpaired) electrons. The normalized spacial score (nSPS) is 33.0. The summed E-state index contributed by atoms with van der Waals surface area (Å²) < 4.78 is 5.72. The molecule has 1 aliphatic heterocycles. The second kappa shape index (κ2) is 3.58. The second-order valence-corrected chi connectivity index (χ2v) is 5.00. The van der Waals surface area contributed by atoms with Crippen molar-refractivity contribution in [1.82, 2.24) is 5.32 Å². The molecule has 0 bridgehead atoms. The lowest BCUT2D eigenvalue weighted by Crippen LogP contribution is -2.59. The van der Waals surface area contributed by atoms with E-state index in [2.05, 4.69) is 19.2 Å². The van der Waals surface area contributed by atoms with E-state index in [0.717, 1.165) is 13.2 Å². The summed E-state index contributed by atoms with van der Waals surface area (Å²) in [4.78, 5) is 0. The highest BCUT2D eigenvalue weighted by molar-refractivity contribution is 4.97. The molecule has 2 rings (SSSR count). The summed E-state index contributed by atoms with van der Waals surface area (Å²) in [6.07, 6.45) is 5.38. The van der Waals surface area contributed by atoms with Gasteiger partial charge in [0.05, 0.1) is 13.2 Å². The zero-order valence-electron chi connectivity index (χ0n) is 8.81. The van der Waals surface area contributed by atoms with E-state index in [-0.39, 0.29) is 0 Å². The minimum atomic E-state index is 0.354. The van der Waals surface area contributed by atoms with Crippen LogP contribution in [0, 0.1) is 5.92 Å². The molecule has 1 aliphatic carbocycles. The van der Waals surface area contributed by atoms with Crippen LogP contribution in [0.4, 0.5) is 0 Å². The van der Waals surface area contributed by atoms with Gasteiger partial charge in [-0.15, -0.1) is 0 Å². The van der Waals surface area contributed by atoms with Crippen LogP contribution >= 0.6 is 0 Å². The van der Waals surface area contributed by atoms with Crippen LogP contribution in [0.5, 0.6) is 0 Å². The number of hydrogen-bond acceptors (Lipinski definition) is 2. The van der Waals surface area contributed by atoms with Gasteiger partial charge in [-0.2, -0.15) is 0 Å². The van der Waals surface area contributed by atoms with Crippen molar-refractivity contribution in [2.45, 2.75) is 51.1 Å². The first-order valence-electron chi connectivity index (χ1n) is 5.57. The Labute approximate surface area is 81.0 Å². The standard InChI is InChI=1S/C11H21NO/c1-9(2)10-7-13-8-11(12-10)5-3-4-6-11/h9-10,12H,3-8H2,1-2H3. The maximum absolute atomic E-state index is 5.72. The van der Waals surface area contributed by atoms with Gasteiger partial charge in [-0.25, -0.2) is 0 Å². The topological polar surface area (TPSA) is 21.3 Å². The molecule has 0 amide bonds. The molecule has 2 fully saturated rings. The number of nitrogens with one attached hydrogen (secondary N) is 1. The fourth-order valence-corrected chi connectivity index (χ4v) is 2.56. The fourth-order valence-electron chi connectivity index (χ4n) is 2.56. The summed E-state index contributed by atoms with van der Waals surface area (Å²) in [6, 6.07) is 0.576. The van der Waals surface area contributed by atoms with E-state index in [1.54, 1.807) is 0 Å². The van der Waals surface area contributed by atoms with Crippen molar-refractivity contribution in [2.75, 3.05) is 13.2 Å².